The van der Waals surface area contributed by atoms with Crippen LogP contribution in [0.3, 0.4) is 0 Å². The molecule has 1 aromatic carbocycles. The van der Waals surface area contributed by atoms with Crippen molar-refractivity contribution in [2.24, 2.45) is 0 Å². The predicted octanol–water partition coefficient (Wildman–Crippen LogP) is 2.59. The van der Waals surface area contributed by atoms with Gasteiger partial charge in [-0.25, -0.2) is 4.79 Å². The summed E-state index contributed by atoms with van der Waals surface area (Å²) in [6.45, 7) is 0. The first-order chi connectivity index (χ1) is 6.70. The van der Waals surface area contributed by atoms with Crippen molar-refractivity contribution in [3.05, 3.63) is 41.0 Å². The molecule has 4 heteroatoms. The van der Waals surface area contributed by atoms with Gasteiger partial charge in [0, 0.05) is 11.6 Å². The summed E-state index contributed by atoms with van der Waals surface area (Å²) in [5, 5.41) is 10.1. The normalized spacial score (nSPS) is 10.4. The van der Waals surface area contributed by atoms with Crippen LogP contribution in [0.4, 0.5) is 0 Å². The van der Waals surface area contributed by atoms with Crippen LogP contribution in [-0.2, 0) is 0 Å². The zero-order chi connectivity index (χ0) is 10.1. The molecule has 0 atom stereocenters. The Morgan fingerprint density at radius 2 is 2.14 bits per heavy atom. The maximum atomic E-state index is 10.8. The first kappa shape index (κ1) is 8.97. The molecular weight excluding hydrogens is 202 g/mol. The quantitative estimate of drug-likeness (QED) is 0.782. The highest BCUT2D eigenvalue weighted by molar-refractivity contribution is 6.35. The lowest BCUT2D eigenvalue weighted by Gasteiger charge is -2.02. The second-order valence-electron chi connectivity index (χ2n) is 2.80. The molecule has 0 fully saturated rings. The Hall–Kier alpha value is -1.61. The van der Waals surface area contributed by atoms with Crippen molar-refractivity contribution in [1.29, 1.82) is 0 Å². The zero-order valence-corrected chi connectivity index (χ0v) is 7.82. The minimum atomic E-state index is -0.995. The van der Waals surface area contributed by atoms with Gasteiger partial charge in [-0.1, -0.05) is 11.6 Å². The molecule has 14 heavy (non-hydrogen) atoms. The number of carbonyl (C=O) groups is 1. The van der Waals surface area contributed by atoms with Crippen molar-refractivity contribution in [2.45, 2.75) is 0 Å². The highest BCUT2D eigenvalue weighted by atomic mass is 35.5. The number of pyridine rings is 1. The lowest BCUT2D eigenvalue weighted by molar-refractivity contribution is 0.0699. The summed E-state index contributed by atoms with van der Waals surface area (Å²) in [6.07, 6.45) is 1.55. The van der Waals surface area contributed by atoms with Crippen molar-refractivity contribution in [3.63, 3.8) is 0 Å². The van der Waals surface area contributed by atoms with Crippen molar-refractivity contribution in [2.75, 3.05) is 0 Å². The molecule has 0 spiro atoms. The minimum Gasteiger partial charge on any atom is -0.478 e. The van der Waals surface area contributed by atoms with Gasteiger partial charge < -0.3 is 5.11 Å². The average molecular weight is 208 g/mol. The predicted molar refractivity (Wildman–Crippen MR) is 53.7 cm³/mol. The second-order valence-corrected chi connectivity index (χ2v) is 3.21. The molecule has 70 valence electrons. The van der Waals surface area contributed by atoms with Crippen LogP contribution in [0.1, 0.15) is 10.4 Å². The molecule has 2 aromatic rings. The summed E-state index contributed by atoms with van der Waals surface area (Å²) in [4.78, 5) is 14.8. The molecule has 0 aliphatic rings. The maximum Gasteiger partial charge on any atom is 0.337 e. The number of hydrogen-bond acceptors (Lipinski definition) is 2. The molecule has 1 heterocycles. The van der Waals surface area contributed by atoms with E-state index in [1.807, 2.05) is 0 Å². The number of rotatable bonds is 1. The number of carboxylic acid groups (broad SMARTS) is 1. The molecule has 0 saturated heterocycles. The maximum absolute atomic E-state index is 10.8. The Bertz CT molecular complexity index is 510. The fourth-order valence-corrected chi connectivity index (χ4v) is 1.53. The molecule has 1 N–H and O–H groups in total. The van der Waals surface area contributed by atoms with Gasteiger partial charge >= 0.3 is 5.97 Å². The van der Waals surface area contributed by atoms with E-state index in [9.17, 15) is 4.79 Å². The van der Waals surface area contributed by atoms with Crippen LogP contribution in [0.5, 0.6) is 0 Å². The van der Waals surface area contributed by atoms with Crippen LogP contribution < -0.4 is 0 Å². The highest BCUT2D eigenvalue weighted by Gasteiger charge is 2.10. The molecule has 1 aromatic heterocycles. The van der Waals surface area contributed by atoms with Gasteiger partial charge in [0.05, 0.1) is 16.1 Å². The third kappa shape index (κ3) is 1.32. The molecular formula is C10H6ClNO2. The number of hydrogen-bond donors (Lipinski definition) is 1. The van der Waals surface area contributed by atoms with Crippen LogP contribution in [0.25, 0.3) is 10.9 Å². The number of aromatic carboxylic acids is 1. The Labute approximate surface area is 85.0 Å². The van der Waals surface area contributed by atoms with Crippen LogP contribution in [0.15, 0.2) is 30.5 Å². The number of carboxylic acids is 1. The monoisotopic (exact) mass is 207 g/mol. The number of fused-ring (bicyclic) bond motifs is 1. The minimum absolute atomic E-state index is 0.171. The molecule has 3 nitrogen and oxygen atoms in total. The molecule has 0 radical (unpaired) electrons. The van der Waals surface area contributed by atoms with Gasteiger partial charge in [0.1, 0.15) is 0 Å². The van der Waals surface area contributed by atoms with E-state index in [1.165, 1.54) is 6.07 Å². The third-order valence-electron chi connectivity index (χ3n) is 1.95. The van der Waals surface area contributed by atoms with Crippen LogP contribution >= 0.6 is 11.6 Å². The molecule has 0 aliphatic heterocycles. The van der Waals surface area contributed by atoms with Crippen molar-refractivity contribution >= 4 is 28.5 Å². The van der Waals surface area contributed by atoms with E-state index >= 15 is 0 Å². The van der Waals surface area contributed by atoms with Gasteiger partial charge in [-0.3, -0.25) is 4.98 Å². The molecule has 0 unspecified atom stereocenters. The Morgan fingerprint density at radius 3 is 2.86 bits per heavy atom. The Balaban J connectivity index is 2.88. The van der Waals surface area contributed by atoms with Gasteiger partial charge in [0.2, 0.25) is 0 Å². The third-order valence-corrected chi connectivity index (χ3v) is 2.28. The first-order valence-corrected chi connectivity index (χ1v) is 4.34. The van der Waals surface area contributed by atoms with Crippen LogP contribution in [-0.4, -0.2) is 16.1 Å². The summed E-state index contributed by atoms with van der Waals surface area (Å²) < 4.78 is 0. The van der Waals surface area contributed by atoms with Crippen molar-refractivity contribution < 1.29 is 9.90 Å². The van der Waals surface area contributed by atoms with Gasteiger partial charge in [0.15, 0.2) is 0 Å². The Kier molecular flexibility index (Phi) is 2.09. The molecule has 0 aliphatic carbocycles. The van der Waals surface area contributed by atoms with E-state index in [4.69, 9.17) is 16.7 Å². The molecule has 0 bridgehead atoms. The van der Waals surface area contributed by atoms with E-state index in [0.29, 0.717) is 15.9 Å². The van der Waals surface area contributed by atoms with Gasteiger partial charge in [-0.05, 0) is 24.3 Å². The van der Waals surface area contributed by atoms with Gasteiger partial charge in [-0.15, -0.1) is 0 Å². The average Bonchev–Trinajstić information content (AvgIpc) is 2.18. The topological polar surface area (TPSA) is 50.2 Å². The summed E-state index contributed by atoms with van der Waals surface area (Å²) in [5.74, 6) is -0.995. The zero-order valence-electron chi connectivity index (χ0n) is 7.07. The lowest BCUT2D eigenvalue weighted by atomic mass is 10.1. The van der Waals surface area contributed by atoms with Crippen LogP contribution in [0, 0.1) is 0 Å². The molecule has 2 rings (SSSR count). The smallest absolute Gasteiger partial charge is 0.337 e. The fourth-order valence-electron chi connectivity index (χ4n) is 1.31. The van der Waals surface area contributed by atoms with Gasteiger partial charge in [-0.2, -0.15) is 0 Å². The first-order valence-electron chi connectivity index (χ1n) is 3.96. The highest BCUT2D eigenvalue weighted by Crippen LogP contribution is 2.24. The summed E-state index contributed by atoms with van der Waals surface area (Å²) >= 11 is 5.90. The summed E-state index contributed by atoms with van der Waals surface area (Å²) in [5.41, 5.74) is 0.595. The van der Waals surface area contributed by atoms with E-state index in [2.05, 4.69) is 4.98 Å². The lowest BCUT2D eigenvalue weighted by Crippen LogP contribution is -1.98. The standard InChI is InChI=1S/C10H6ClNO2/c11-8-4-3-7(10(13)14)9-6(8)2-1-5-12-9/h1-5H,(H,13,14). The van der Waals surface area contributed by atoms with E-state index in [0.717, 1.165) is 0 Å². The van der Waals surface area contributed by atoms with Gasteiger partial charge in [0.25, 0.3) is 0 Å². The fraction of sp³-hybridized carbons (Fsp3) is 0. The van der Waals surface area contributed by atoms with Crippen molar-refractivity contribution in [3.8, 4) is 0 Å². The summed E-state index contributed by atoms with van der Waals surface area (Å²) in [7, 11) is 0. The number of nitrogens with zero attached hydrogens (tertiary/aromatic N) is 1. The largest absolute Gasteiger partial charge is 0.478 e. The van der Waals surface area contributed by atoms with E-state index in [-0.39, 0.29) is 5.56 Å². The number of aromatic nitrogens is 1. The second kappa shape index (κ2) is 3.27. The summed E-state index contributed by atoms with van der Waals surface area (Å²) in [6, 6.07) is 6.49. The number of halogens is 1. The number of benzene rings is 1. The van der Waals surface area contributed by atoms with E-state index < -0.39 is 5.97 Å². The van der Waals surface area contributed by atoms with Crippen molar-refractivity contribution in [1.82, 2.24) is 4.98 Å². The van der Waals surface area contributed by atoms with E-state index in [1.54, 1.807) is 24.4 Å². The molecule has 0 saturated carbocycles. The SMILES string of the molecule is O=C(O)c1ccc(Cl)c2cccnc12. The molecule has 0 amide bonds. The van der Waals surface area contributed by atoms with Crippen LogP contribution in [0.2, 0.25) is 5.02 Å². The Morgan fingerprint density at radius 1 is 1.36 bits per heavy atom.